The topological polar surface area (TPSA) is 219 Å². The Hall–Kier alpha value is -2.69. The van der Waals surface area contributed by atoms with Gasteiger partial charge in [-0.2, -0.15) is 0 Å². The first kappa shape index (κ1) is 52.3. The lowest BCUT2D eigenvalue weighted by molar-refractivity contribution is -0.142. The van der Waals surface area contributed by atoms with E-state index in [1.165, 1.54) is 57.8 Å². The van der Waals surface area contributed by atoms with E-state index >= 15 is 0 Å². The van der Waals surface area contributed by atoms with E-state index < -0.39 is 24.2 Å². The molecule has 0 aliphatic rings. The van der Waals surface area contributed by atoms with Gasteiger partial charge in [-0.15, -0.1) is 0 Å². The molecule has 15 heteroatoms. The predicted molar refractivity (Wildman–Crippen MR) is 210 cm³/mol. The summed E-state index contributed by atoms with van der Waals surface area (Å²) < 4.78 is 21.3. The Morgan fingerprint density at radius 3 is 1.47 bits per heavy atom. The van der Waals surface area contributed by atoms with Gasteiger partial charge in [-0.05, 0) is 25.7 Å². The van der Waals surface area contributed by atoms with Crippen LogP contribution in [-0.4, -0.2) is 123 Å². The predicted octanol–water partition coefficient (Wildman–Crippen LogP) is 4.76. The molecule has 0 radical (unpaired) electrons. The van der Waals surface area contributed by atoms with Gasteiger partial charge in [0, 0.05) is 31.8 Å². The Morgan fingerprint density at radius 1 is 0.527 bits per heavy atom. The molecule has 0 spiro atoms. The van der Waals surface area contributed by atoms with Crippen LogP contribution in [0.25, 0.3) is 0 Å². The molecule has 0 aromatic carbocycles. The van der Waals surface area contributed by atoms with E-state index in [-0.39, 0.29) is 82.2 Å². The van der Waals surface area contributed by atoms with E-state index in [0.29, 0.717) is 32.9 Å². The van der Waals surface area contributed by atoms with Crippen LogP contribution in [0.4, 0.5) is 0 Å². The Balaban J connectivity index is 3.64. The van der Waals surface area contributed by atoms with Crippen molar-refractivity contribution in [3.8, 4) is 0 Å². The summed E-state index contributed by atoms with van der Waals surface area (Å²) in [5.74, 6) is -2.42. The molecule has 0 aliphatic carbocycles. The SMILES string of the molecule is CC(C)C(=O)COCCOCCNC(=O)COCCOCCNC(O)CC[C@H](NC(=O)CCCCCCCCCCCCCCCCCCC(=O)O)C(=O)O. The maximum absolute atomic E-state index is 12.3. The number of carboxylic acids is 2. The molecule has 0 saturated heterocycles. The van der Waals surface area contributed by atoms with Gasteiger partial charge in [0.05, 0.1) is 39.6 Å². The summed E-state index contributed by atoms with van der Waals surface area (Å²) in [5.41, 5.74) is 0. The van der Waals surface area contributed by atoms with Gasteiger partial charge in [0.15, 0.2) is 5.78 Å². The minimum atomic E-state index is -1.13. The van der Waals surface area contributed by atoms with Crippen LogP contribution in [0.1, 0.15) is 142 Å². The molecule has 0 heterocycles. The van der Waals surface area contributed by atoms with E-state index in [2.05, 4.69) is 16.0 Å². The van der Waals surface area contributed by atoms with Gasteiger partial charge in [-0.3, -0.25) is 24.5 Å². The number of Topliss-reactive ketones (excluding diaryl/α,β-unsaturated/α-hetero) is 1. The molecule has 2 amide bonds. The van der Waals surface area contributed by atoms with Gasteiger partial charge in [0.1, 0.15) is 25.5 Å². The Labute approximate surface area is 329 Å². The van der Waals surface area contributed by atoms with Gasteiger partial charge in [0.2, 0.25) is 11.8 Å². The summed E-state index contributed by atoms with van der Waals surface area (Å²) in [4.78, 5) is 57.8. The maximum Gasteiger partial charge on any atom is 0.326 e. The molecule has 0 bridgehead atoms. The highest BCUT2D eigenvalue weighted by Crippen LogP contribution is 2.14. The molecule has 0 aromatic rings. The van der Waals surface area contributed by atoms with Gasteiger partial charge in [-0.25, -0.2) is 4.79 Å². The largest absolute Gasteiger partial charge is 0.481 e. The number of carbonyl (C=O) groups excluding carboxylic acids is 3. The van der Waals surface area contributed by atoms with E-state index in [1.807, 2.05) is 13.8 Å². The normalized spacial score (nSPS) is 12.4. The quantitative estimate of drug-likeness (QED) is 0.0364. The lowest BCUT2D eigenvalue weighted by atomic mass is 10.0. The number of aliphatic hydroxyl groups excluding tert-OH is 1. The molecule has 1 unspecified atom stereocenters. The molecular formula is C40H75N3O12. The summed E-state index contributed by atoms with van der Waals surface area (Å²) in [6, 6.07) is -1.07. The number of ether oxygens (including phenoxy) is 4. The molecule has 15 nitrogen and oxygen atoms in total. The van der Waals surface area contributed by atoms with E-state index in [4.69, 9.17) is 24.1 Å². The van der Waals surface area contributed by atoms with Crippen molar-refractivity contribution < 1.29 is 58.2 Å². The van der Waals surface area contributed by atoms with E-state index in [9.17, 15) is 34.2 Å². The smallest absolute Gasteiger partial charge is 0.326 e. The summed E-state index contributed by atoms with van der Waals surface area (Å²) in [7, 11) is 0. The monoisotopic (exact) mass is 790 g/mol. The van der Waals surface area contributed by atoms with Crippen LogP contribution in [0.2, 0.25) is 0 Å². The van der Waals surface area contributed by atoms with Gasteiger partial charge in [0.25, 0.3) is 0 Å². The molecule has 0 aliphatic heterocycles. The van der Waals surface area contributed by atoms with Gasteiger partial charge >= 0.3 is 11.9 Å². The van der Waals surface area contributed by atoms with Crippen LogP contribution < -0.4 is 16.0 Å². The minimum absolute atomic E-state index is 0.0419. The number of carbonyl (C=O) groups is 5. The number of carboxylic acid groups (broad SMARTS) is 2. The summed E-state index contributed by atoms with van der Waals surface area (Å²) in [5, 5.41) is 36.5. The third-order valence-electron chi connectivity index (χ3n) is 8.97. The molecule has 0 fully saturated rings. The standard InChI is InChI=1S/C40H75N3O12/c1-33(2)35(44)31-54-29-27-53-26-24-42-38(47)32-55-30-28-52-25-23-41-36(45)22-21-34(40(50)51)43-37(46)19-17-15-13-11-9-7-5-3-4-6-8-10-12-14-16-18-20-39(48)49/h33-34,36,41,45H,3-32H2,1-2H3,(H,42,47)(H,43,46)(H,48,49)(H,50,51)/t34-,36?/m0/s1. The summed E-state index contributed by atoms with van der Waals surface area (Å²) in [6.45, 7) is 5.93. The molecule has 0 aromatic heterocycles. The number of aliphatic carboxylic acids is 2. The number of ketones is 1. The number of hydrogen-bond acceptors (Lipinski definition) is 11. The molecular weight excluding hydrogens is 714 g/mol. The number of rotatable bonds is 42. The second-order valence-corrected chi connectivity index (χ2v) is 14.4. The average Bonchev–Trinajstić information content (AvgIpc) is 3.14. The fourth-order valence-electron chi connectivity index (χ4n) is 5.54. The van der Waals surface area contributed by atoms with Crippen molar-refractivity contribution in [1.29, 1.82) is 0 Å². The van der Waals surface area contributed by atoms with Crippen LogP contribution in [0, 0.1) is 5.92 Å². The van der Waals surface area contributed by atoms with Crippen molar-refractivity contribution in [3.05, 3.63) is 0 Å². The van der Waals surface area contributed by atoms with Crippen molar-refractivity contribution in [2.45, 2.75) is 155 Å². The van der Waals surface area contributed by atoms with Crippen molar-refractivity contribution in [2.75, 3.05) is 65.9 Å². The summed E-state index contributed by atoms with van der Waals surface area (Å²) >= 11 is 0. The molecule has 0 saturated carbocycles. The number of amides is 2. The zero-order valence-electron chi connectivity index (χ0n) is 34.0. The third-order valence-corrected chi connectivity index (χ3v) is 8.97. The first-order chi connectivity index (χ1) is 26.5. The van der Waals surface area contributed by atoms with Crippen LogP contribution in [0.3, 0.4) is 0 Å². The molecule has 322 valence electrons. The highest BCUT2D eigenvalue weighted by molar-refractivity contribution is 5.83. The number of hydrogen-bond donors (Lipinski definition) is 6. The molecule has 6 N–H and O–H groups in total. The zero-order valence-corrected chi connectivity index (χ0v) is 34.0. The Morgan fingerprint density at radius 2 is 0.982 bits per heavy atom. The third kappa shape index (κ3) is 38.0. The highest BCUT2D eigenvalue weighted by Gasteiger charge is 2.21. The molecule has 55 heavy (non-hydrogen) atoms. The fraction of sp³-hybridized carbons (Fsp3) is 0.875. The first-order valence-electron chi connectivity index (χ1n) is 20.8. The fourth-order valence-corrected chi connectivity index (χ4v) is 5.54. The van der Waals surface area contributed by atoms with Crippen LogP contribution >= 0.6 is 0 Å². The van der Waals surface area contributed by atoms with E-state index in [0.717, 1.165) is 44.9 Å². The molecule has 0 rings (SSSR count). The summed E-state index contributed by atoms with van der Waals surface area (Å²) in [6.07, 6.45) is 17.9. The average molecular weight is 790 g/mol. The number of nitrogens with one attached hydrogen (secondary N) is 3. The number of aliphatic hydroxyl groups is 1. The number of unbranched alkanes of at least 4 members (excludes halogenated alkanes) is 15. The lowest BCUT2D eigenvalue weighted by Crippen LogP contribution is -2.42. The van der Waals surface area contributed by atoms with Crippen LogP contribution in [0.15, 0.2) is 0 Å². The van der Waals surface area contributed by atoms with E-state index in [1.54, 1.807) is 0 Å². The maximum atomic E-state index is 12.3. The zero-order chi connectivity index (χ0) is 40.8. The van der Waals surface area contributed by atoms with Crippen molar-refractivity contribution in [2.24, 2.45) is 5.92 Å². The second kappa shape index (κ2) is 38.2. The second-order valence-electron chi connectivity index (χ2n) is 14.4. The minimum Gasteiger partial charge on any atom is -0.481 e. The molecule has 2 atom stereocenters. The van der Waals surface area contributed by atoms with Gasteiger partial charge in [-0.1, -0.05) is 104 Å². The first-order valence-corrected chi connectivity index (χ1v) is 20.8. The van der Waals surface area contributed by atoms with Crippen molar-refractivity contribution >= 4 is 29.5 Å². The highest BCUT2D eigenvalue weighted by atomic mass is 16.5. The Bertz CT molecular complexity index is 985. The van der Waals surface area contributed by atoms with Crippen molar-refractivity contribution in [1.82, 2.24) is 16.0 Å². The van der Waals surface area contributed by atoms with Crippen LogP contribution in [-0.2, 0) is 42.9 Å². The Kier molecular flexibility index (Phi) is 36.3. The van der Waals surface area contributed by atoms with Gasteiger partial charge < -0.3 is 44.9 Å². The van der Waals surface area contributed by atoms with Crippen molar-refractivity contribution in [3.63, 3.8) is 0 Å². The lowest BCUT2D eigenvalue weighted by Gasteiger charge is -2.18. The van der Waals surface area contributed by atoms with Crippen LogP contribution in [0.5, 0.6) is 0 Å².